The molecule has 0 unspecified atom stereocenters. The lowest BCUT2D eigenvalue weighted by Crippen LogP contribution is -2.48. The Labute approximate surface area is 160 Å². The summed E-state index contributed by atoms with van der Waals surface area (Å²) < 4.78 is 0. The number of carbonyl (C=O) groups is 1. The van der Waals surface area contributed by atoms with Crippen LogP contribution in [0.3, 0.4) is 0 Å². The normalized spacial score (nSPS) is 16.2. The Bertz CT molecular complexity index is 718. The van der Waals surface area contributed by atoms with E-state index in [1.807, 2.05) is 12.3 Å². The number of nitrogens with one attached hydrogen (secondary N) is 1. The van der Waals surface area contributed by atoms with Crippen LogP contribution in [-0.4, -0.2) is 53.4 Å². The van der Waals surface area contributed by atoms with Gasteiger partial charge >= 0.3 is 0 Å². The van der Waals surface area contributed by atoms with E-state index in [1.54, 1.807) is 0 Å². The summed E-state index contributed by atoms with van der Waals surface area (Å²) in [6.45, 7) is 11.6. The van der Waals surface area contributed by atoms with Crippen LogP contribution in [0.25, 0.3) is 0 Å². The molecule has 1 fully saturated rings. The predicted octanol–water partition coefficient (Wildman–Crippen LogP) is 3.33. The molecule has 0 atom stereocenters. The molecule has 1 saturated heterocycles. The molecule has 1 aliphatic rings. The fourth-order valence-electron chi connectivity index (χ4n) is 3.14. The standard InChI is InChI=1S/C20H28N4OS/c1-15(2)18-6-4-17(5-7-18)12-23-8-10-24(11-9-23)13-19(25)22-20-21-16(3)14-26-20/h4-7,14-15H,8-13H2,1-3H3,(H,21,22,25). The zero-order valence-corrected chi connectivity index (χ0v) is 16.7. The van der Waals surface area contributed by atoms with Crippen molar-refractivity contribution in [3.8, 4) is 0 Å². The molecular formula is C20H28N4OS. The lowest BCUT2D eigenvalue weighted by atomic mass is 10.0. The summed E-state index contributed by atoms with van der Waals surface area (Å²) in [6.07, 6.45) is 0. The van der Waals surface area contributed by atoms with Gasteiger partial charge in [0.15, 0.2) is 5.13 Å². The van der Waals surface area contributed by atoms with Gasteiger partial charge < -0.3 is 5.32 Å². The second-order valence-corrected chi connectivity index (χ2v) is 8.15. The summed E-state index contributed by atoms with van der Waals surface area (Å²) in [5.74, 6) is 0.601. The maximum atomic E-state index is 12.1. The van der Waals surface area contributed by atoms with E-state index in [0.29, 0.717) is 17.6 Å². The van der Waals surface area contributed by atoms with Crippen molar-refractivity contribution in [2.45, 2.75) is 33.2 Å². The number of hydrogen-bond donors (Lipinski definition) is 1. The van der Waals surface area contributed by atoms with Gasteiger partial charge in [0.2, 0.25) is 5.91 Å². The molecule has 1 amide bonds. The first kappa shape index (κ1) is 19.0. The monoisotopic (exact) mass is 372 g/mol. The number of thiazole rings is 1. The SMILES string of the molecule is Cc1csc(NC(=O)CN2CCN(Cc3ccc(C(C)C)cc3)CC2)n1. The molecule has 0 saturated carbocycles. The van der Waals surface area contributed by atoms with Crippen LogP contribution in [0.4, 0.5) is 5.13 Å². The van der Waals surface area contributed by atoms with E-state index in [-0.39, 0.29) is 5.91 Å². The van der Waals surface area contributed by atoms with E-state index in [4.69, 9.17) is 0 Å². The first-order valence-electron chi connectivity index (χ1n) is 9.25. The van der Waals surface area contributed by atoms with Crippen molar-refractivity contribution in [3.63, 3.8) is 0 Å². The molecule has 6 heteroatoms. The Morgan fingerprint density at radius 3 is 2.38 bits per heavy atom. The average Bonchev–Trinajstić information content (AvgIpc) is 3.02. The van der Waals surface area contributed by atoms with Crippen molar-refractivity contribution in [3.05, 3.63) is 46.5 Å². The molecule has 0 spiro atoms. The third kappa shape index (κ3) is 5.37. The highest BCUT2D eigenvalue weighted by molar-refractivity contribution is 7.13. The number of anilines is 1. The lowest BCUT2D eigenvalue weighted by Gasteiger charge is -2.34. The van der Waals surface area contributed by atoms with Gasteiger partial charge in [-0.25, -0.2) is 4.98 Å². The number of amides is 1. The van der Waals surface area contributed by atoms with Gasteiger partial charge in [-0.15, -0.1) is 11.3 Å². The number of hydrogen-bond acceptors (Lipinski definition) is 5. The van der Waals surface area contributed by atoms with Gasteiger partial charge in [0.25, 0.3) is 0 Å². The molecule has 0 radical (unpaired) electrons. The molecule has 3 rings (SSSR count). The van der Waals surface area contributed by atoms with Crippen LogP contribution < -0.4 is 5.32 Å². The van der Waals surface area contributed by atoms with Crippen LogP contribution in [0, 0.1) is 6.92 Å². The van der Waals surface area contributed by atoms with Crippen molar-refractivity contribution in [2.75, 3.05) is 38.0 Å². The zero-order chi connectivity index (χ0) is 18.5. The highest BCUT2D eigenvalue weighted by Gasteiger charge is 2.19. The lowest BCUT2D eigenvalue weighted by molar-refractivity contribution is -0.117. The number of aryl methyl sites for hydroxylation is 1. The van der Waals surface area contributed by atoms with Crippen LogP contribution in [-0.2, 0) is 11.3 Å². The minimum Gasteiger partial charge on any atom is -0.301 e. The van der Waals surface area contributed by atoms with Crippen molar-refractivity contribution < 1.29 is 4.79 Å². The molecule has 1 aromatic heterocycles. The summed E-state index contributed by atoms with van der Waals surface area (Å²) in [5, 5.41) is 5.53. The molecule has 1 aromatic carbocycles. The van der Waals surface area contributed by atoms with Gasteiger partial charge in [-0.3, -0.25) is 14.6 Å². The number of rotatable bonds is 6. The van der Waals surface area contributed by atoms with Gasteiger partial charge in [0.1, 0.15) is 0 Å². The summed E-state index contributed by atoms with van der Waals surface area (Å²) in [6, 6.07) is 8.96. The molecule has 140 valence electrons. The molecular weight excluding hydrogens is 344 g/mol. The Morgan fingerprint density at radius 2 is 1.81 bits per heavy atom. The second-order valence-electron chi connectivity index (χ2n) is 7.29. The van der Waals surface area contributed by atoms with E-state index in [0.717, 1.165) is 38.4 Å². The van der Waals surface area contributed by atoms with E-state index in [1.165, 1.54) is 22.5 Å². The predicted molar refractivity (Wildman–Crippen MR) is 108 cm³/mol. The number of carbonyl (C=O) groups excluding carboxylic acids is 1. The number of piperazine rings is 1. The van der Waals surface area contributed by atoms with Crippen LogP contribution in [0.5, 0.6) is 0 Å². The molecule has 1 N–H and O–H groups in total. The average molecular weight is 373 g/mol. The summed E-state index contributed by atoms with van der Waals surface area (Å²) in [7, 11) is 0. The number of benzene rings is 1. The summed E-state index contributed by atoms with van der Waals surface area (Å²) in [5.41, 5.74) is 3.69. The zero-order valence-electron chi connectivity index (χ0n) is 15.9. The van der Waals surface area contributed by atoms with Crippen molar-refractivity contribution in [2.24, 2.45) is 0 Å². The minimum atomic E-state index is 0.0251. The second kappa shape index (κ2) is 8.75. The first-order chi connectivity index (χ1) is 12.5. The van der Waals surface area contributed by atoms with Gasteiger partial charge in [-0.05, 0) is 24.0 Å². The Balaban J connectivity index is 1.41. The largest absolute Gasteiger partial charge is 0.301 e. The third-order valence-electron chi connectivity index (χ3n) is 4.75. The Morgan fingerprint density at radius 1 is 1.15 bits per heavy atom. The summed E-state index contributed by atoms with van der Waals surface area (Å²) >= 11 is 1.47. The van der Waals surface area contributed by atoms with E-state index in [9.17, 15) is 4.79 Å². The van der Waals surface area contributed by atoms with Crippen molar-refractivity contribution in [1.82, 2.24) is 14.8 Å². The van der Waals surface area contributed by atoms with Crippen molar-refractivity contribution in [1.29, 1.82) is 0 Å². The fraction of sp³-hybridized carbons (Fsp3) is 0.500. The minimum absolute atomic E-state index is 0.0251. The maximum Gasteiger partial charge on any atom is 0.240 e. The highest BCUT2D eigenvalue weighted by Crippen LogP contribution is 2.17. The first-order valence-corrected chi connectivity index (χ1v) is 10.1. The van der Waals surface area contributed by atoms with Crippen LogP contribution in [0.2, 0.25) is 0 Å². The molecule has 5 nitrogen and oxygen atoms in total. The Kier molecular flexibility index (Phi) is 6.40. The highest BCUT2D eigenvalue weighted by atomic mass is 32.1. The third-order valence-corrected chi connectivity index (χ3v) is 5.63. The van der Waals surface area contributed by atoms with E-state index in [2.05, 4.69) is 58.2 Å². The molecule has 26 heavy (non-hydrogen) atoms. The van der Waals surface area contributed by atoms with Crippen LogP contribution in [0.15, 0.2) is 29.6 Å². The van der Waals surface area contributed by atoms with Crippen LogP contribution >= 0.6 is 11.3 Å². The van der Waals surface area contributed by atoms with Gasteiger partial charge in [0.05, 0.1) is 12.2 Å². The maximum absolute atomic E-state index is 12.1. The fourth-order valence-corrected chi connectivity index (χ4v) is 3.85. The topological polar surface area (TPSA) is 48.5 Å². The van der Waals surface area contributed by atoms with Gasteiger partial charge in [-0.2, -0.15) is 0 Å². The van der Waals surface area contributed by atoms with Crippen molar-refractivity contribution >= 4 is 22.4 Å². The summed E-state index contributed by atoms with van der Waals surface area (Å²) in [4.78, 5) is 21.1. The number of nitrogens with zero attached hydrogens (tertiary/aromatic N) is 3. The molecule has 2 aromatic rings. The molecule has 1 aliphatic heterocycles. The molecule has 0 aliphatic carbocycles. The van der Waals surface area contributed by atoms with E-state index >= 15 is 0 Å². The van der Waals surface area contributed by atoms with Gasteiger partial charge in [-0.1, -0.05) is 38.1 Å². The Hall–Kier alpha value is -1.76. The smallest absolute Gasteiger partial charge is 0.240 e. The number of aromatic nitrogens is 1. The molecule has 0 bridgehead atoms. The molecule has 2 heterocycles. The van der Waals surface area contributed by atoms with Crippen LogP contribution in [0.1, 0.15) is 36.6 Å². The van der Waals surface area contributed by atoms with Gasteiger partial charge in [0, 0.05) is 38.1 Å². The quantitative estimate of drug-likeness (QED) is 0.845. The van der Waals surface area contributed by atoms with E-state index < -0.39 is 0 Å².